The molecule has 0 aromatic heterocycles. The smallest absolute Gasteiger partial charge is 0.255 e. The molecular formula is C21H28N4O3. The molecule has 3 atom stereocenters. The Kier molecular flexibility index (Phi) is 4.97. The maximum Gasteiger partial charge on any atom is 0.255 e. The minimum Gasteiger partial charge on any atom is -0.330 e. The number of nitrogens with two attached hydrogens (primary N) is 1. The summed E-state index contributed by atoms with van der Waals surface area (Å²) in [5.41, 5.74) is 8.74. The van der Waals surface area contributed by atoms with Crippen molar-refractivity contribution in [3.8, 4) is 0 Å². The second kappa shape index (κ2) is 7.29. The predicted octanol–water partition coefficient (Wildman–Crippen LogP) is 1.05. The number of imide groups is 1. The van der Waals surface area contributed by atoms with Crippen molar-refractivity contribution >= 4 is 17.7 Å². The number of carbonyl (C=O) groups excluding carboxylic acids is 3. The monoisotopic (exact) mass is 384 g/mol. The fourth-order valence-electron chi connectivity index (χ4n) is 4.77. The third-order valence-electron chi connectivity index (χ3n) is 6.55. The zero-order chi connectivity index (χ0) is 19.9. The average Bonchev–Trinajstić information content (AvgIpc) is 3.22. The molecule has 2 aliphatic heterocycles. The lowest BCUT2D eigenvalue weighted by atomic mass is 9.89. The SMILES string of the molecule is CC1(CN)CCC(NCc2cccc3c2C(=O)N(C2CCC(=O)NC2=O)C3)C1. The first-order valence-electron chi connectivity index (χ1n) is 10.1. The van der Waals surface area contributed by atoms with Crippen LogP contribution in [-0.4, -0.2) is 41.2 Å². The van der Waals surface area contributed by atoms with Gasteiger partial charge in [0.2, 0.25) is 11.8 Å². The van der Waals surface area contributed by atoms with Gasteiger partial charge in [0, 0.05) is 31.1 Å². The summed E-state index contributed by atoms with van der Waals surface area (Å²) in [5, 5.41) is 5.95. The molecule has 0 bridgehead atoms. The number of nitrogens with one attached hydrogen (secondary N) is 2. The van der Waals surface area contributed by atoms with E-state index in [0.29, 0.717) is 37.7 Å². The highest BCUT2D eigenvalue weighted by Crippen LogP contribution is 2.37. The van der Waals surface area contributed by atoms with E-state index in [1.165, 1.54) is 0 Å². The van der Waals surface area contributed by atoms with Crippen LogP contribution in [0.3, 0.4) is 0 Å². The first-order chi connectivity index (χ1) is 13.4. The van der Waals surface area contributed by atoms with Crippen molar-refractivity contribution in [2.45, 2.75) is 64.2 Å². The second-order valence-corrected chi connectivity index (χ2v) is 8.69. The predicted molar refractivity (Wildman–Crippen MR) is 104 cm³/mol. The van der Waals surface area contributed by atoms with E-state index in [1.54, 1.807) is 4.90 Å². The summed E-state index contributed by atoms with van der Waals surface area (Å²) < 4.78 is 0. The van der Waals surface area contributed by atoms with Gasteiger partial charge < -0.3 is 16.0 Å². The van der Waals surface area contributed by atoms with Gasteiger partial charge in [-0.15, -0.1) is 0 Å². The maximum atomic E-state index is 13.1. The van der Waals surface area contributed by atoms with E-state index in [2.05, 4.69) is 17.6 Å². The first-order valence-corrected chi connectivity index (χ1v) is 10.1. The van der Waals surface area contributed by atoms with Crippen LogP contribution in [0.2, 0.25) is 0 Å². The van der Waals surface area contributed by atoms with Crippen LogP contribution in [-0.2, 0) is 22.7 Å². The molecule has 3 aliphatic rings. The molecule has 150 valence electrons. The molecule has 7 nitrogen and oxygen atoms in total. The molecule has 28 heavy (non-hydrogen) atoms. The Labute approximate surface area is 165 Å². The molecule has 0 spiro atoms. The molecule has 1 saturated heterocycles. The zero-order valence-electron chi connectivity index (χ0n) is 16.3. The van der Waals surface area contributed by atoms with Crippen molar-refractivity contribution in [3.63, 3.8) is 0 Å². The van der Waals surface area contributed by atoms with E-state index in [0.717, 1.165) is 30.4 Å². The van der Waals surface area contributed by atoms with Crippen LogP contribution in [0, 0.1) is 5.41 Å². The molecule has 4 N–H and O–H groups in total. The molecule has 3 unspecified atom stereocenters. The van der Waals surface area contributed by atoms with Gasteiger partial charge in [0.1, 0.15) is 6.04 Å². The van der Waals surface area contributed by atoms with Crippen LogP contribution < -0.4 is 16.4 Å². The number of fused-ring (bicyclic) bond motifs is 1. The highest BCUT2D eigenvalue weighted by atomic mass is 16.2. The van der Waals surface area contributed by atoms with Gasteiger partial charge in [0.25, 0.3) is 5.91 Å². The van der Waals surface area contributed by atoms with Crippen molar-refractivity contribution in [1.82, 2.24) is 15.5 Å². The highest BCUT2D eigenvalue weighted by molar-refractivity contribution is 6.05. The molecular weight excluding hydrogens is 356 g/mol. The molecule has 2 heterocycles. The van der Waals surface area contributed by atoms with Crippen LogP contribution in [0.25, 0.3) is 0 Å². The molecule has 1 aromatic rings. The average molecular weight is 384 g/mol. The van der Waals surface area contributed by atoms with Crippen molar-refractivity contribution in [3.05, 3.63) is 34.9 Å². The van der Waals surface area contributed by atoms with Gasteiger partial charge in [-0.2, -0.15) is 0 Å². The van der Waals surface area contributed by atoms with Gasteiger partial charge in [-0.1, -0.05) is 25.1 Å². The molecule has 1 aromatic carbocycles. The van der Waals surface area contributed by atoms with E-state index in [4.69, 9.17) is 5.73 Å². The summed E-state index contributed by atoms with van der Waals surface area (Å²) in [6, 6.07) is 5.74. The number of hydrogen-bond donors (Lipinski definition) is 3. The summed E-state index contributed by atoms with van der Waals surface area (Å²) in [7, 11) is 0. The van der Waals surface area contributed by atoms with Crippen molar-refractivity contribution in [2.75, 3.05) is 6.54 Å². The Hall–Kier alpha value is -2.25. The Morgan fingerprint density at radius 1 is 1.29 bits per heavy atom. The second-order valence-electron chi connectivity index (χ2n) is 8.69. The third-order valence-corrected chi connectivity index (χ3v) is 6.55. The van der Waals surface area contributed by atoms with Gasteiger partial charge in [-0.25, -0.2) is 0 Å². The third kappa shape index (κ3) is 3.44. The highest BCUT2D eigenvalue weighted by Gasteiger charge is 2.40. The Bertz CT molecular complexity index is 824. The number of hydrogen-bond acceptors (Lipinski definition) is 5. The fourth-order valence-corrected chi connectivity index (χ4v) is 4.77. The quantitative estimate of drug-likeness (QED) is 0.659. The fraction of sp³-hybridized carbons (Fsp3) is 0.571. The lowest BCUT2D eigenvalue weighted by molar-refractivity contribution is -0.136. The minimum atomic E-state index is -0.571. The lowest BCUT2D eigenvalue weighted by Gasteiger charge is -2.29. The lowest BCUT2D eigenvalue weighted by Crippen LogP contribution is -2.52. The van der Waals surface area contributed by atoms with E-state index in [-0.39, 0.29) is 29.6 Å². The number of rotatable bonds is 5. The number of piperidine rings is 1. The summed E-state index contributed by atoms with van der Waals surface area (Å²) in [5.74, 6) is -0.749. The minimum absolute atomic E-state index is 0.111. The van der Waals surface area contributed by atoms with Crippen molar-refractivity contribution < 1.29 is 14.4 Å². The Balaban J connectivity index is 1.46. The molecule has 0 radical (unpaired) electrons. The Morgan fingerprint density at radius 2 is 2.11 bits per heavy atom. The number of carbonyl (C=O) groups is 3. The maximum absolute atomic E-state index is 13.1. The molecule has 7 heteroatoms. The van der Waals surface area contributed by atoms with Crippen LogP contribution >= 0.6 is 0 Å². The van der Waals surface area contributed by atoms with Gasteiger partial charge in [-0.3, -0.25) is 19.7 Å². The van der Waals surface area contributed by atoms with Crippen LogP contribution in [0.4, 0.5) is 0 Å². The van der Waals surface area contributed by atoms with E-state index in [9.17, 15) is 14.4 Å². The van der Waals surface area contributed by atoms with E-state index in [1.807, 2.05) is 18.2 Å². The Morgan fingerprint density at radius 3 is 2.82 bits per heavy atom. The zero-order valence-corrected chi connectivity index (χ0v) is 16.3. The number of benzene rings is 1. The van der Waals surface area contributed by atoms with Crippen LogP contribution in [0.1, 0.15) is 60.5 Å². The first kappa shape index (κ1) is 19.1. The van der Waals surface area contributed by atoms with E-state index < -0.39 is 6.04 Å². The normalized spacial score (nSPS) is 29.9. The van der Waals surface area contributed by atoms with Crippen LogP contribution in [0.15, 0.2) is 18.2 Å². The van der Waals surface area contributed by atoms with Gasteiger partial charge >= 0.3 is 0 Å². The molecule has 3 amide bonds. The molecule has 1 aliphatic carbocycles. The molecule has 4 rings (SSSR count). The van der Waals surface area contributed by atoms with Crippen molar-refractivity contribution in [1.29, 1.82) is 0 Å². The largest absolute Gasteiger partial charge is 0.330 e. The topological polar surface area (TPSA) is 105 Å². The number of amides is 3. The summed E-state index contributed by atoms with van der Waals surface area (Å²) >= 11 is 0. The standard InChI is InChI=1S/C21H28N4O3/c1-21(12-22)8-7-15(9-21)23-10-13-3-2-4-14-11-25(20(28)18(13)14)16-5-6-17(26)24-19(16)27/h2-4,15-16,23H,5-12,22H2,1H3,(H,24,26,27). The summed E-state index contributed by atoms with van der Waals surface area (Å²) in [6.45, 7) is 3.98. The molecule has 2 fully saturated rings. The number of nitrogens with zero attached hydrogens (tertiary/aromatic N) is 1. The van der Waals surface area contributed by atoms with Gasteiger partial charge in [0.05, 0.1) is 0 Å². The summed E-state index contributed by atoms with van der Waals surface area (Å²) in [6.07, 6.45) is 3.93. The van der Waals surface area contributed by atoms with Crippen molar-refractivity contribution in [2.24, 2.45) is 11.1 Å². The summed E-state index contributed by atoms with van der Waals surface area (Å²) in [4.78, 5) is 38.3. The van der Waals surface area contributed by atoms with Crippen LogP contribution in [0.5, 0.6) is 0 Å². The molecule has 1 saturated carbocycles. The van der Waals surface area contributed by atoms with E-state index >= 15 is 0 Å². The van der Waals surface area contributed by atoms with Gasteiger partial charge in [-0.05, 0) is 48.8 Å². The van der Waals surface area contributed by atoms with Gasteiger partial charge in [0.15, 0.2) is 0 Å².